The summed E-state index contributed by atoms with van der Waals surface area (Å²) < 4.78 is 51.5. The van der Waals surface area contributed by atoms with Crippen molar-refractivity contribution in [3.05, 3.63) is 47.8 Å². The number of benzene rings is 2. The monoisotopic (exact) mass is 418 g/mol. The van der Waals surface area contributed by atoms with Gasteiger partial charge >= 0.3 is 0 Å². The molecule has 2 aromatic carbocycles. The van der Waals surface area contributed by atoms with Crippen molar-refractivity contribution in [3.63, 3.8) is 0 Å². The third-order valence-electron chi connectivity index (χ3n) is 4.98. The van der Waals surface area contributed by atoms with E-state index < -0.39 is 15.8 Å². The minimum atomic E-state index is -3.70. The Bertz CT molecular complexity index is 1180. The minimum absolute atomic E-state index is 0.0939. The molecular formula is C20H19FN2O5S. The molecule has 0 spiro atoms. The first-order valence-electron chi connectivity index (χ1n) is 8.98. The standard InChI is InChI=1S/C20H19FN2O5S/c1-27-19-5-2-13(10-17(19)21)20-16(12-24)15-11-14(3-4-18(15)22-20)29(25,26)23-6-8-28-9-7-23/h2-5,10-12,22H,6-9H2,1H3. The summed E-state index contributed by atoms with van der Waals surface area (Å²) in [5.41, 5.74) is 1.72. The molecule has 1 aromatic heterocycles. The molecule has 7 nitrogen and oxygen atoms in total. The van der Waals surface area contributed by atoms with Crippen molar-refractivity contribution in [2.24, 2.45) is 0 Å². The average Bonchev–Trinajstić information content (AvgIpc) is 3.12. The summed E-state index contributed by atoms with van der Waals surface area (Å²) in [6.07, 6.45) is 0.640. The van der Waals surface area contributed by atoms with Crippen LogP contribution in [0.3, 0.4) is 0 Å². The van der Waals surface area contributed by atoms with Crippen LogP contribution in [0.25, 0.3) is 22.2 Å². The van der Waals surface area contributed by atoms with E-state index in [0.29, 0.717) is 41.7 Å². The quantitative estimate of drug-likeness (QED) is 0.644. The number of nitrogens with one attached hydrogen (secondary N) is 1. The maximum absolute atomic E-state index is 14.1. The van der Waals surface area contributed by atoms with Crippen molar-refractivity contribution >= 4 is 27.2 Å². The van der Waals surface area contributed by atoms with E-state index in [1.54, 1.807) is 12.1 Å². The first-order chi connectivity index (χ1) is 14.0. The highest BCUT2D eigenvalue weighted by Crippen LogP contribution is 2.33. The van der Waals surface area contributed by atoms with Crippen molar-refractivity contribution < 1.29 is 27.1 Å². The first-order valence-corrected chi connectivity index (χ1v) is 10.4. The van der Waals surface area contributed by atoms with Crippen LogP contribution in [0.4, 0.5) is 4.39 Å². The number of aldehydes is 1. The van der Waals surface area contributed by atoms with Gasteiger partial charge in [0.2, 0.25) is 10.0 Å². The van der Waals surface area contributed by atoms with Crippen molar-refractivity contribution in [2.75, 3.05) is 33.4 Å². The number of sulfonamides is 1. The van der Waals surface area contributed by atoms with Crippen molar-refractivity contribution in [1.82, 2.24) is 9.29 Å². The second-order valence-corrected chi connectivity index (χ2v) is 8.54. The number of H-pyrrole nitrogens is 1. The van der Waals surface area contributed by atoms with Crippen LogP contribution in [0, 0.1) is 5.82 Å². The third kappa shape index (κ3) is 3.41. The van der Waals surface area contributed by atoms with E-state index in [9.17, 15) is 17.6 Å². The Morgan fingerprint density at radius 2 is 1.93 bits per heavy atom. The number of fused-ring (bicyclic) bond motifs is 1. The number of methoxy groups -OCH3 is 1. The largest absolute Gasteiger partial charge is 0.494 e. The van der Waals surface area contributed by atoms with Crippen molar-refractivity contribution in [2.45, 2.75) is 4.90 Å². The summed E-state index contributed by atoms with van der Waals surface area (Å²) in [6, 6.07) is 8.95. The van der Waals surface area contributed by atoms with Crippen LogP contribution in [-0.2, 0) is 14.8 Å². The molecule has 0 amide bonds. The molecule has 152 valence electrons. The number of hydrogen-bond acceptors (Lipinski definition) is 5. The van der Waals surface area contributed by atoms with Gasteiger partial charge in [0.1, 0.15) is 0 Å². The Kier molecular flexibility index (Phi) is 5.12. The van der Waals surface area contributed by atoms with Crippen molar-refractivity contribution in [3.8, 4) is 17.0 Å². The molecule has 4 rings (SSSR count). The number of aromatic nitrogens is 1. The minimum Gasteiger partial charge on any atom is -0.494 e. The van der Waals surface area contributed by atoms with E-state index in [1.165, 1.54) is 35.7 Å². The number of nitrogens with zero attached hydrogens (tertiary/aromatic N) is 1. The van der Waals surface area contributed by atoms with Gasteiger partial charge in [0.05, 0.1) is 30.9 Å². The predicted octanol–water partition coefficient (Wildman–Crippen LogP) is 2.82. The zero-order valence-corrected chi connectivity index (χ0v) is 16.5. The lowest BCUT2D eigenvalue weighted by Gasteiger charge is -2.26. The highest BCUT2D eigenvalue weighted by molar-refractivity contribution is 7.89. The van der Waals surface area contributed by atoms with Gasteiger partial charge < -0.3 is 14.5 Å². The zero-order valence-electron chi connectivity index (χ0n) is 15.6. The van der Waals surface area contributed by atoms with Crippen LogP contribution >= 0.6 is 0 Å². The molecule has 1 aliphatic heterocycles. The van der Waals surface area contributed by atoms with E-state index in [2.05, 4.69) is 4.98 Å². The van der Waals surface area contributed by atoms with Gasteiger partial charge in [-0.05, 0) is 36.4 Å². The average molecular weight is 418 g/mol. The number of carbonyl (C=O) groups is 1. The Morgan fingerprint density at radius 3 is 2.59 bits per heavy atom. The number of aromatic amines is 1. The molecule has 9 heteroatoms. The zero-order chi connectivity index (χ0) is 20.6. The van der Waals surface area contributed by atoms with Gasteiger partial charge in [0.15, 0.2) is 17.9 Å². The second kappa shape index (κ2) is 7.58. The fourth-order valence-corrected chi connectivity index (χ4v) is 4.90. The van der Waals surface area contributed by atoms with E-state index >= 15 is 0 Å². The van der Waals surface area contributed by atoms with Crippen LogP contribution in [-0.4, -0.2) is 57.4 Å². The Hall–Kier alpha value is -2.75. The fraction of sp³-hybridized carbons (Fsp3) is 0.250. The number of morpholine rings is 1. The number of ether oxygens (including phenoxy) is 2. The Balaban J connectivity index is 1.82. The molecule has 2 heterocycles. The molecule has 0 radical (unpaired) electrons. The van der Waals surface area contributed by atoms with Crippen LogP contribution in [0.15, 0.2) is 41.3 Å². The maximum Gasteiger partial charge on any atom is 0.243 e. The van der Waals surface area contributed by atoms with E-state index in [0.717, 1.165) is 0 Å². The van der Waals surface area contributed by atoms with Gasteiger partial charge in [-0.2, -0.15) is 4.31 Å². The normalized spacial score (nSPS) is 15.5. The van der Waals surface area contributed by atoms with Crippen LogP contribution in [0.1, 0.15) is 10.4 Å². The topological polar surface area (TPSA) is 88.7 Å². The highest BCUT2D eigenvalue weighted by Gasteiger charge is 2.27. The third-order valence-corrected chi connectivity index (χ3v) is 6.87. The molecule has 0 aliphatic carbocycles. The molecule has 0 atom stereocenters. The molecule has 3 aromatic rings. The van der Waals surface area contributed by atoms with Gasteiger partial charge in [-0.25, -0.2) is 12.8 Å². The summed E-state index contributed by atoms with van der Waals surface area (Å²) >= 11 is 0. The summed E-state index contributed by atoms with van der Waals surface area (Å²) in [6.45, 7) is 1.26. The lowest BCUT2D eigenvalue weighted by molar-refractivity contribution is 0.0730. The molecule has 1 aliphatic rings. The lowest BCUT2D eigenvalue weighted by atomic mass is 10.1. The van der Waals surface area contributed by atoms with Crippen LogP contribution in [0.2, 0.25) is 0 Å². The number of carbonyl (C=O) groups excluding carboxylic acids is 1. The van der Waals surface area contributed by atoms with Gasteiger partial charge in [-0.1, -0.05) is 0 Å². The smallest absolute Gasteiger partial charge is 0.243 e. The van der Waals surface area contributed by atoms with Gasteiger partial charge in [-0.15, -0.1) is 0 Å². The molecule has 1 fully saturated rings. The molecule has 29 heavy (non-hydrogen) atoms. The number of rotatable bonds is 5. The van der Waals surface area contributed by atoms with E-state index in [1.807, 2.05) is 0 Å². The molecule has 1 saturated heterocycles. The van der Waals surface area contributed by atoms with E-state index in [-0.39, 0.29) is 29.3 Å². The molecule has 0 bridgehead atoms. The van der Waals surface area contributed by atoms with Crippen molar-refractivity contribution in [1.29, 1.82) is 0 Å². The molecule has 0 saturated carbocycles. The predicted molar refractivity (Wildman–Crippen MR) is 105 cm³/mol. The van der Waals surface area contributed by atoms with Crippen LogP contribution in [0.5, 0.6) is 5.75 Å². The lowest BCUT2D eigenvalue weighted by Crippen LogP contribution is -2.40. The molecule has 1 N–H and O–H groups in total. The summed E-state index contributed by atoms with van der Waals surface area (Å²) in [5, 5.41) is 0.459. The molecular weight excluding hydrogens is 399 g/mol. The van der Waals surface area contributed by atoms with E-state index in [4.69, 9.17) is 9.47 Å². The Morgan fingerprint density at radius 1 is 1.17 bits per heavy atom. The molecule has 0 unspecified atom stereocenters. The Labute approximate surface area is 167 Å². The highest BCUT2D eigenvalue weighted by atomic mass is 32.2. The first kappa shape index (κ1) is 19.6. The van der Waals surface area contributed by atoms with Gasteiger partial charge in [0.25, 0.3) is 0 Å². The maximum atomic E-state index is 14.1. The fourth-order valence-electron chi connectivity index (χ4n) is 3.46. The summed E-state index contributed by atoms with van der Waals surface area (Å²) in [5.74, 6) is -0.465. The summed E-state index contributed by atoms with van der Waals surface area (Å²) in [7, 11) is -2.33. The summed E-state index contributed by atoms with van der Waals surface area (Å²) in [4.78, 5) is 15.0. The van der Waals surface area contributed by atoms with Gasteiger partial charge in [-0.3, -0.25) is 4.79 Å². The van der Waals surface area contributed by atoms with Crippen LogP contribution < -0.4 is 4.74 Å². The SMILES string of the molecule is COc1ccc(-c2[nH]c3ccc(S(=O)(=O)N4CCOCC4)cc3c2C=O)cc1F. The second-order valence-electron chi connectivity index (χ2n) is 6.60. The number of halogens is 1. The van der Waals surface area contributed by atoms with Gasteiger partial charge in [0, 0.05) is 35.1 Å². The number of hydrogen-bond donors (Lipinski definition) is 1.